The maximum atomic E-state index is 11.7. The second kappa shape index (κ2) is 18.0. The summed E-state index contributed by atoms with van der Waals surface area (Å²) in [4.78, 5) is 18.9. The average Bonchev–Trinajstić information content (AvgIpc) is 3.11. The number of nitrogens with zero attached hydrogens (tertiary/aromatic N) is 1. The molecule has 1 fully saturated rings. The monoisotopic (exact) mass is 732 g/mol. The summed E-state index contributed by atoms with van der Waals surface area (Å²) in [7, 11) is 0. The van der Waals surface area contributed by atoms with E-state index in [1.165, 1.54) is 6.92 Å². The van der Waals surface area contributed by atoms with Crippen molar-refractivity contribution in [3.8, 4) is 11.5 Å². The molecule has 2 aromatic rings. The first kappa shape index (κ1) is 39.6. The lowest BCUT2D eigenvalue weighted by atomic mass is 9.56. The van der Waals surface area contributed by atoms with Crippen molar-refractivity contribution in [1.82, 2.24) is 0 Å². The molecule has 0 aromatic heterocycles. The topological polar surface area (TPSA) is 119 Å². The van der Waals surface area contributed by atoms with Crippen LogP contribution in [0.25, 0.3) is 0 Å². The van der Waals surface area contributed by atoms with E-state index in [0.717, 1.165) is 77.5 Å². The molecule has 0 radical (unpaired) electrons. The molecule has 0 bridgehead atoms. The zero-order valence-electron chi connectivity index (χ0n) is 31.1. The number of rotatable bonds is 18. The Bertz CT molecular complexity index is 1600. The van der Waals surface area contributed by atoms with Crippen LogP contribution in [0.4, 0.5) is 5.69 Å². The molecule has 282 valence electrons. The Labute approximate surface area is 313 Å². The summed E-state index contributed by atoms with van der Waals surface area (Å²) >= 11 is 1.67. The van der Waals surface area contributed by atoms with Crippen molar-refractivity contribution in [2.45, 2.75) is 100 Å². The molecule has 9 nitrogen and oxygen atoms in total. The molecular formula is C42H56N2O7S. The number of carbonyl (C=O) groups is 1. The van der Waals surface area contributed by atoms with E-state index in [1.54, 1.807) is 23.9 Å². The first-order chi connectivity index (χ1) is 25.0. The van der Waals surface area contributed by atoms with E-state index in [4.69, 9.17) is 24.2 Å². The van der Waals surface area contributed by atoms with Crippen molar-refractivity contribution in [3.63, 3.8) is 0 Å². The van der Waals surface area contributed by atoms with Crippen LogP contribution in [-0.2, 0) is 14.4 Å². The molecule has 5 rings (SSSR count). The van der Waals surface area contributed by atoms with Crippen molar-refractivity contribution in [3.05, 3.63) is 85.0 Å². The van der Waals surface area contributed by atoms with Gasteiger partial charge in [-0.3, -0.25) is 4.79 Å². The highest BCUT2D eigenvalue weighted by atomic mass is 32.2. The van der Waals surface area contributed by atoms with Gasteiger partial charge in [-0.15, -0.1) is 18.3 Å². The fourth-order valence-electron chi connectivity index (χ4n) is 7.85. The highest BCUT2D eigenvalue weighted by Gasteiger charge is 2.64. The van der Waals surface area contributed by atoms with Crippen LogP contribution in [0.3, 0.4) is 0 Å². The highest BCUT2D eigenvalue weighted by molar-refractivity contribution is 8.00. The molecule has 2 aromatic carbocycles. The highest BCUT2D eigenvalue weighted by Crippen LogP contribution is 2.63. The minimum atomic E-state index is -1.10. The number of fused-ring (bicyclic) bond motifs is 2. The summed E-state index contributed by atoms with van der Waals surface area (Å²) in [6, 6.07) is 13.9. The predicted molar refractivity (Wildman–Crippen MR) is 208 cm³/mol. The Morgan fingerprint density at radius 1 is 1.04 bits per heavy atom. The summed E-state index contributed by atoms with van der Waals surface area (Å²) in [5, 5.41) is 27.1. The molecule has 1 saturated carbocycles. The number of amides is 1. The van der Waals surface area contributed by atoms with Gasteiger partial charge in [-0.05, 0) is 106 Å². The third-order valence-electron chi connectivity index (χ3n) is 9.87. The molecule has 10 heteroatoms. The number of aliphatic hydroxyl groups is 2. The number of carbonyl (C=O) groups excluding carboxylic acids is 1. The van der Waals surface area contributed by atoms with Crippen molar-refractivity contribution in [2.75, 3.05) is 31.7 Å². The van der Waals surface area contributed by atoms with E-state index in [2.05, 4.69) is 30.6 Å². The number of anilines is 1. The molecule has 1 heterocycles. The maximum absolute atomic E-state index is 11.7. The zero-order chi connectivity index (χ0) is 37.3. The van der Waals surface area contributed by atoms with E-state index in [1.807, 2.05) is 57.2 Å². The molecule has 0 spiro atoms. The maximum Gasteiger partial charge on any atom is 0.231 e. The van der Waals surface area contributed by atoms with Gasteiger partial charge in [0.15, 0.2) is 0 Å². The summed E-state index contributed by atoms with van der Waals surface area (Å²) in [6.45, 7) is 16.3. The van der Waals surface area contributed by atoms with Crippen LogP contribution in [0.2, 0.25) is 0 Å². The zero-order valence-corrected chi connectivity index (χ0v) is 32.0. The van der Waals surface area contributed by atoms with Gasteiger partial charge in [-0.2, -0.15) is 0 Å². The molecule has 6 unspecified atom stereocenters. The lowest BCUT2D eigenvalue weighted by Crippen LogP contribution is -2.64. The largest absolute Gasteiger partial charge is 0.490 e. The third-order valence-corrected chi connectivity index (χ3v) is 11.2. The van der Waals surface area contributed by atoms with Crippen LogP contribution in [0.15, 0.2) is 89.5 Å². The van der Waals surface area contributed by atoms with E-state index in [9.17, 15) is 15.0 Å². The van der Waals surface area contributed by atoms with E-state index >= 15 is 0 Å². The second-order valence-electron chi connectivity index (χ2n) is 14.9. The van der Waals surface area contributed by atoms with Crippen molar-refractivity contribution >= 4 is 29.1 Å². The number of hydrogen-bond acceptors (Lipinski definition) is 9. The lowest BCUT2D eigenvalue weighted by Gasteiger charge is -2.58. The van der Waals surface area contributed by atoms with Gasteiger partial charge in [0.2, 0.25) is 11.7 Å². The number of oxime groups is 1. The van der Waals surface area contributed by atoms with E-state index in [0.29, 0.717) is 13.0 Å². The lowest BCUT2D eigenvalue weighted by molar-refractivity contribution is -0.223. The van der Waals surface area contributed by atoms with Crippen LogP contribution in [0.1, 0.15) is 84.1 Å². The minimum Gasteiger partial charge on any atom is -0.490 e. The normalized spacial score (nSPS) is 25.6. The standard InChI is InChI=1S/C42H56N2O7S/c1-7-23-48-31-17-20-37-35(26-31)39-33(14-10-12-22-46)29(13-9-11-21-45)25-34-36(44-51-41(4,5)6)27-38(42(50-37,40(34)39)49-24-8-2)52-32-18-15-30(16-19-32)43-28(3)47/h7-8,15-20,25-26,29,33,38-40,45-46H,1-2,9-14,21-24,27H2,3-6H3,(H,43,47). The Morgan fingerprint density at radius 2 is 1.75 bits per heavy atom. The summed E-state index contributed by atoms with van der Waals surface area (Å²) in [6.07, 6.45) is 11.5. The van der Waals surface area contributed by atoms with Crippen molar-refractivity contribution < 1.29 is 34.1 Å². The van der Waals surface area contributed by atoms with Crippen LogP contribution in [-0.4, -0.2) is 64.9 Å². The smallest absolute Gasteiger partial charge is 0.231 e. The molecule has 2 aliphatic carbocycles. The number of thioether (sulfide) groups is 1. The molecule has 52 heavy (non-hydrogen) atoms. The number of unbranched alkanes of at least 4 members (excludes halogenated alkanes) is 2. The Kier molecular flexibility index (Phi) is 13.7. The first-order valence-corrected chi connectivity index (χ1v) is 19.5. The van der Waals surface area contributed by atoms with Gasteiger partial charge < -0.3 is 34.6 Å². The Balaban J connectivity index is 1.73. The number of allylic oxidation sites excluding steroid dienone is 1. The fourth-order valence-corrected chi connectivity index (χ4v) is 9.14. The average molecular weight is 733 g/mol. The summed E-state index contributed by atoms with van der Waals surface area (Å²) in [5.41, 5.74) is 3.25. The van der Waals surface area contributed by atoms with Gasteiger partial charge in [-0.1, -0.05) is 42.8 Å². The van der Waals surface area contributed by atoms with Gasteiger partial charge in [0, 0.05) is 48.6 Å². The van der Waals surface area contributed by atoms with E-state index < -0.39 is 11.4 Å². The number of benzene rings is 2. The van der Waals surface area contributed by atoms with Crippen LogP contribution in [0, 0.1) is 17.8 Å². The van der Waals surface area contributed by atoms with E-state index in [-0.39, 0.29) is 54.6 Å². The molecule has 0 saturated heterocycles. The quantitative estimate of drug-likeness (QED) is 0.0794. The number of aliphatic hydroxyl groups excluding tert-OH is 2. The summed E-state index contributed by atoms with van der Waals surface area (Å²) < 4.78 is 20.3. The first-order valence-electron chi connectivity index (χ1n) is 18.6. The predicted octanol–water partition coefficient (Wildman–Crippen LogP) is 8.43. The number of hydrogen-bond donors (Lipinski definition) is 3. The fraction of sp³-hybridized carbons (Fsp3) is 0.524. The van der Waals surface area contributed by atoms with Gasteiger partial charge in [0.05, 0.1) is 23.5 Å². The molecule has 3 aliphatic rings. The van der Waals surface area contributed by atoms with Gasteiger partial charge in [0.25, 0.3) is 0 Å². The van der Waals surface area contributed by atoms with Crippen LogP contribution < -0.4 is 14.8 Å². The number of ether oxygens (including phenoxy) is 3. The molecule has 6 atom stereocenters. The van der Waals surface area contributed by atoms with Gasteiger partial charge >= 0.3 is 0 Å². The molecule has 3 N–H and O–H groups in total. The Morgan fingerprint density at radius 3 is 2.40 bits per heavy atom. The van der Waals surface area contributed by atoms with Gasteiger partial charge in [-0.25, -0.2) is 0 Å². The van der Waals surface area contributed by atoms with Crippen molar-refractivity contribution in [1.29, 1.82) is 0 Å². The molecule has 1 aliphatic heterocycles. The minimum absolute atomic E-state index is 0.0379. The summed E-state index contributed by atoms with van der Waals surface area (Å²) in [5.74, 6) is 0.364. The van der Waals surface area contributed by atoms with Crippen LogP contribution in [0.5, 0.6) is 11.5 Å². The third kappa shape index (κ3) is 9.31. The SMILES string of the molecule is C=CCOc1ccc2c(c1)C1C(CCCCO)C(CCCCO)C=C3C(=NOC(C)(C)C)CC(Sc4ccc(NC(C)=O)cc4)C(OCC=C)(O2)C31. The Hall–Kier alpha value is -3.57. The molecule has 1 amide bonds. The van der Waals surface area contributed by atoms with Crippen molar-refractivity contribution in [2.24, 2.45) is 22.9 Å². The van der Waals surface area contributed by atoms with Crippen LogP contribution >= 0.6 is 11.8 Å². The molecular weight excluding hydrogens is 677 g/mol. The number of nitrogens with one attached hydrogen (secondary N) is 1. The van der Waals surface area contributed by atoms with Gasteiger partial charge in [0.1, 0.15) is 23.7 Å². The second-order valence-corrected chi connectivity index (χ2v) is 16.1.